The van der Waals surface area contributed by atoms with Crippen molar-refractivity contribution < 1.29 is 37.2 Å². The van der Waals surface area contributed by atoms with E-state index in [-0.39, 0.29) is 24.8 Å². The number of aromatic amines is 1. The van der Waals surface area contributed by atoms with Crippen LogP contribution in [0.3, 0.4) is 0 Å². The molecule has 1 aliphatic heterocycles. The lowest BCUT2D eigenvalue weighted by atomic mass is 10.1. The average molecular weight is 632 g/mol. The number of halogens is 2. The third-order valence-corrected chi connectivity index (χ3v) is 7.65. The second-order valence-electron chi connectivity index (χ2n) is 10.3. The number of fused-ring (bicyclic) bond motifs is 1. The summed E-state index contributed by atoms with van der Waals surface area (Å²) < 4.78 is 48.7. The number of likely N-dealkylation sites (tertiary alicyclic amines) is 1. The fourth-order valence-corrected chi connectivity index (χ4v) is 5.46. The Labute approximate surface area is 251 Å². The van der Waals surface area contributed by atoms with Crippen LogP contribution in [0.2, 0.25) is 0 Å². The Kier molecular flexibility index (Phi) is 10.1. The van der Waals surface area contributed by atoms with Crippen molar-refractivity contribution in [2.45, 2.75) is 38.1 Å². The van der Waals surface area contributed by atoms with E-state index >= 15 is 0 Å². The fraction of sp³-hybridized carbons (Fsp3) is 0.357. The lowest BCUT2D eigenvalue weighted by molar-refractivity contribution is -0.115. The van der Waals surface area contributed by atoms with Gasteiger partial charge in [-0.1, -0.05) is 6.07 Å². The molecule has 0 unspecified atom stereocenters. The van der Waals surface area contributed by atoms with E-state index in [1.807, 2.05) is 18.2 Å². The summed E-state index contributed by atoms with van der Waals surface area (Å²) in [5, 5.41) is 13.1. The molecule has 1 atom stereocenters. The summed E-state index contributed by atoms with van der Waals surface area (Å²) in [5.41, 5.74) is 0.857. The van der Waals surface area contributed by atoms with Crippen LogP contribution in [0.15, 0.2) is 48.8 Å². The molecule has 1 saturated heterocycles. The van der Waals surface area contributed by atoms with Crippen molar-refractivity contribution in [2.24, 2.45) is 0 Å². The third-order valence-electron chi connectivity index (χ3n) is 7.13. The number of hydrogen-bond acceptors (Lipinski definition) is 9. The first-order chi connectivity index (χ1) is 21.1. The van der Waals surface area contributed by atoms with Gasteiger partial charge in [0.25, 0.3) is 0 Å². The first-order valence-corrected chi connectivity index (χ1v) is 15.5. The van der Waals surface area contributed by atoms with Crippen molar-refractivity contribution in [1.29, 1.82) is 0 Å². The molecule has 4 aromatic rings. The van der Waals surface area contributed by atoms with Gasteiger partial charge in [0.05, 0.1) is 30.8 Å². The van der Waals surface area contributed by atoms with Crippen molar-refractivity contribution in [3.63, 3.8) is 0 Å². The molecular weight excluding hydrogens is 599 g/mol. The topological polar surface area (TPSA) is 175 Å². The van der Waals surface area contributed by atoms with Crippen LogP contribution in [-0.4, -0.2) is 73.1 Å². The molecule has 0 bridgehead atoms. The van der Waals surface area contributed by atoms with Crippen LogP contribution in [0.5, 0.6) is 5.75 Å². The van der Waals surface area contributed by atoms with E-state index in [0.29, 0.717) is 41.6 Å². The number of carbonyl (C=O) groups is 1. The van der Waals surface area contributed by atoms with E-state index in [1.165, 1.54) is 18.5 Å². The van der Waals surface area contributed by atoms with E-state index in [1.54, 1.807) is 6.07 Å². The number of phosphoric acid groups is 1. The largest absolute Gasteiger partial charge is 0.493 e. The molecule has 3 heterocycles. The summed E-state index contributed by atoms with van der Waals surface area (Å²) in [4.78, 5) is 41.0. The van der Waals surface area contributed by atoms with Gasteiger partial charge in [0, 0.05) is 35.8 Å². The van der Waals surface area contributed by atoms with Gasteiger partial charge in [-0.15, -0.1) is 0 Å². The van der Waals surface area contributed by atoms with Gasteiger partial charge in [0.15, 0.2) is 17.5 Å². The van der Waals surface area contributed by atoms with Crippen molar-refractivity contribution in [2.75, 3.05) is 36.9 Å². The standard InChI is InChI=1S/C28H32F2N7O6P/c29-22-5-1-6-23(27(22)30)33-26(38)15-18-14-25(36-35-18)34-28-21-8-7-20(16-24(21)31-17-32-28)42-12-3-11-37-10-2-4-19(37)9-13-43-44(39,40)41/h1,5-8,14,16-17,19H,2-4,9-13,15H2,(H,33,38)(H2,39,40,41)(H2,31,32,34,35,36)/t19-/m0/s1. The number of amides is 1. The SMILES string of the molecule is O=C(Cc1cc(Nc2ncnc3cc(OCCCN4CCC[C@H]4CCOP(=O)(O)O)ccc23)n[nH]1)Nc1cccc(F)c1F. The Hall–Kier alpha value is -4.01. The van der Waals surface area contributed by atoms with Crippen molar-refractivity contribution in [1.82, 2.24) is 25.1 Å². The highest BCUT2D eigenvalue weighted by Gasteiger charge is 2.25. The molecule has 44 heavy (non-hydrogen) atoms. The molecule has 1 fully saturated rings. The van der Waals surface area contributed by atoms with Gasteiger partial charge >= 0.3 is 7.82 Å². The van der Waals surface area contributed by atoms with E-state index < -0.39 is 25.4 Å². The number of rotatable bonds is 14. The van der Waals surface area contributed by atoms with Crippen LogP contribution < -0.4 is 15.4 Å². The number of hydrogen-bond donors (Lipinski definition) is 5. The second-order valence-corrected chi connectivity index (χ2v) is 11.5. The Balaban J connectivity index is 1.11. The highest BCUT2D eigenvalue weighted by molar-refractivity contribution is 7.46. The third kappa shape index (κ3) is 8.55. The minimum absolute atomic E-state index is 0.0243. The van der Waals surface area contributed by atoms with Crippen molar-refractivity contribution in [3.05, 3.63) is 66.1 Å². The predicted octanol–water partition coefficient (Wildman–Crippen LogP) is 4.29. The summed E-state index contributed by atoms with van der Waals surface area (Å²) in [6.07, 6.45) is 4.63. The molecule has 2 aromatic heterocycles. The van der Waals surface area contributed by atoms with Crippen molar-refractivity contribution >= 4 is 42.0 Å². The van der Waals surface area contributed by atoms with Gasteiger partial charge in [-0.2, -0.15) is 5.10 Å². The number of benzene rings is 2. The molecule has 13 nitrogen and oxygen atoms in total. The number of aromatic nitrogens is 4. The maximum absolute atomic E-state index is 13.8. The van der Waals surface area contributed by atoms with Gasteiger partial charge in [0.1, 0.15) is 17.9 Å². The monoisotopic (exact) mass is 631 g/mol. The van der Waals surface area contributed by atoms with Gasteiger partial charge in [-0.05, 0) is 56.5 Å². The summed E-state index contributed by atoms with van der Waals surface area (Å²) in [7, 11) is -4.45. The minimum Gasteiger partial charge on any atom is -0.493 e. The Bertz CT molecular complexity index is 1650. The summed E-state index contributed by atoms with van der Waals surface area (Å²) in [6, 6.07) is 10.9. The van der Waals surface area contributed by atoms with Gasteiger partial charge in [-0.3, -0.25) is 14.4 Å². The molecular formula is C28H32F2N7O6P. The Morgan fingerprint density at radius 3 is 2.86 bits per heavy atom. The zero-order valence-corrected chi connectivity index (χ0v) is 24.5. The van der Waals surface area contributed by atoms with Crippen LogP contribution in [-0.2, 0) is 20.3 Å². The molecule has 16 heteroatoms. The maximum Gasteiger partial charge on any atom is 0.469 e. The molecule has 5 rings (SSSR count). The number of anilines is 3. The molecule has 2 aromatic carbocycles. The lowest BCUT2D eigenvalue weighted by Gasteiger charge is -2.24. The molecule has 234 valence electrons. The highest BCUT2D eigenvalue weighted by atomic mass is 31.2. The van der Waals surface area contributed by atoms with E-state index in [4.69, 9.17) is 14.5 Å². The zero-order valence-electron chi connectivity index (χ0n) is 23.6. The molecule has 1 aliphatic rings. The average Bonchev–Trinajstić information content (AvgIpc) is 3.62. The molecule has 0 aliphatic carbocycles. The summed E-state index contributed by atoms with van der Waals surface area (Å²) in [6.45, 7) is 2.25. The summed E-state index contributed by atoms with van der Waals surface area (Å²) in [5.74, 6) is -1.17. The van der Waals surface area contributed by atoms with Gasteiger partial charge in [-0.25, -0.2) is 23.3 Å². The minimum atomic E-state index is -4.45. The Morgan fingerprint density at radius 2 is 2.02 bits per heavy atom. The zero-order chi connectivity index (χ0) is 31.1. The van der Waals surface area contributed by atoms with E-state index in [0.717, 1.165) is 43.8 Å². The number of carbonyl (C=O) groups excluding carboxylic acids is 1. The number of H-pyrrole nitrogens is 1. The first kappa shape index (κ1) is 31.4. The van der Waals surface area contributed by atoms with E-state index in [2.05, 4.69) is 40.2 Å². The normalized spacial score (nSPS) is 15.5. The smallest absolute Gasteiger partial charge is 0.469 e. The number of ether oxygens (including phenoxy) is 1. The maximum atomic E-state index is 13.8. The number of nitrogens with zero attached hydrogens (tertiary/aromatic N) is 4. The molecule has 5 N–H and O–H groups in total. The predicted molar refractivity (Wildman–Crippen MR) is 157 cm³/mol. The van der Waals surface area contributed by atoms with Crippen LogP contribution in [0.25, 0.3) is 10.9 Å². The first-order valence-electron chi connectivity index (χ1n) is 14.0. The Morgan fingerprint density at radius 1 is 1.16 bits per heavy atom. The molecule has 0 spiro atoms. The van der Waals surface area contributed by atoms with Crippen LogP contribution in [0.4, 0.5) is 26.1 Å². The molecule has 0 radical (unpaired) electrons. The van der Waals surface area contributed by atoms with Crippen LogP contribution >= 0.6 is 7.82 Å². The summed E-state index contributed by atoms with van der Waals surface area (Å²) >= 11 is 0. The van der Waals surface area contributed by atoms with Crippen molar-refractivity contribution in [3.8, 4) is 5.75 Å². The number of phosphoric ester groups is 1. The van der Waals surface area contributed by atoms with E-state index in [9.17, 15) is 18.1 Å². The molecule has 0 saturated carbocycles. The van der Waals surface area contributed by atoms with Crippen LogP contribution in [0.1, 0.15) is 31.4 Å². The number of nitrogens with one attached hydrogen (secondary N) is 3. The van der Waals surface area contributed by atoms with Crippen LogP contribution in [0, 0.1) is 11.6 Å². The quantitative estimate of drug-likeness (QED) is 0.0992. The second kappa shape index (κ2) is 14.2. The lowest BCUT2D eigenvalue weighted by Crippen LogP contribution is -2.32. The van der Waals surface area contributed by atoms with Gasteiger partial charge < -0.3 is 30.1 Å². The highest BCUT2D eigenvalue weighted by Crippen LogP contribution is 2.36. The fourth-order valence-electron chi connectivity index (χ4n) is 5.11. The molecule has 1 amide bonds. The van der Waals surface area contributed by atoms with Gasteiger partial charge in [0.2, 0.25) is 5.91 Å².